The average Bonchev–Trinajstić information content (AvgIpc) is 3.01. The molecule has 0 saturated heterocycles. The summed E-state index contributed by atoms with van der Waals surface area (Å²) in [6.45, 7) is 0.819. The van der Waals surface area contributed by atoms with Crippen molar-refractivity contribution in [1.82, 2.24) is 4.90 Å². The Labute approximate surface area is 120 Å². The molecule has 1 aliphatic heterocycles. The molecule has 1 unspecified atom stereocenters. The fourth-order valence-electron chi connectivity index (χ4n) is 1.97. The molecule has 0 spiro atoms. The maximum absolute atomic E-state index is 11.9. The molecule has 1 aliphatic rings. The summed E-state index contributed by atoms with van der Waals surface area (Å²) in [5.41, 5.74) is -1.99. The van der Waals surface area contributed by atoms with Gasteiger partial charge >= 0.3 is 5.97 Å². The summed E-state index contributed by atoms with van der Waals surface area (Å²) in [6, 6.07) is 3.35. The van der Waals surface area contributed by atoms with E-state index in [2.05, 4.69) is 4.74 Å². The van der Waals surface area contributed by atoms with Crippen molar-refractivity contribution in [2.75, 3.05) is 13.7 Å². The van der Waals surface area contributed by atoms with Crippen LogP contribution in [0.2, 0.25) is 0 Å². The lowest BCUT2D eigenvalue weighted by Gasteiger charge is -2.30. The number of hydrogen-bond acceptors (Lipinski definition) is 7. The van der Waals surface area contributed by atoms with Crippen LogP contribution in [0, 0.1) is 0 Å². The Hall–Kier alpha value is -2.54. The molecule has 0 saturated carbocycles. The first-order valence-corrected chi connectivity index (χ1v) is 6.14. The third-order valence-corrected chi connectivity index (χ3v) is 3.17. The van der Waals surface area contributed by atoms with Crippen LogP contribution in [0.4, 0.5) is 0 Å². The highest BCUT2D eigenvalue weighted by molar-refractivity contribution is 6.03. The van der Waals surface area contributed by atoms with Gasteiger partial charge in [0.15, 0.2) is 5.76 Å². The monoisotopic (exact) mass is 293 g/mol. The number of allylic oxidation sites excluding steroid dienone is 1. The van der Waals surface area contributed by atoms with E-state index < -0.39 is 23.2 Å². The molecule has 1 atom stereocenters. The van der Waals surface area contributed by atoms with E-state index in [1.165, 1.54) is 32.4 Å². The molecule has 2 N–H and O–H groups in total. The lowest BCUT2D eigenvalue weighted by Crippen LogP contribution is -2.48. The number of hydrogen-bond donors (Lipinski definition) is 2. The van der Waals surface area contributed by atoms with Gasteiger partial charge in [0.05, 0.1) is 19.1 Å². The van der Waals surface area contributed by atoms with E-state index in [-0.39, 0.29) is 12.2 Å². The van der Waals surface area contributed by atoms with Crippen LogP contribution >= 0.6 is 0 Å². The Morgan fingerprint density at radius 3 is 2.81 bits per heavy atom. The number of carbonyl (C=O) groups is 2. The number of methoxy groups -OCH3 is 1. The van der Waals surface area contributed by atoms with Crippen molar-refractivity contribution >= 4 is 17.8 Å². The lowest BCUT2D eigenvalue weighted by atomic mass is 10.1. The Bertz CT molecular complexity index is 611. The smallest absolute Gasteiger partial charge is 0.325 e. The van der Waals surface area contributed by atoms with Crippen LogP contribution in [0.3, 0.4) is 0 Å². The lowest BCUT2D eigenvalue weighted by molar-refractivity contribution is -0.154. The molecule has 1 aromatic rings. The Kier molecular flexibility index (Phi) is 3.86. The number of carbonyl (C=O) groups excluding carboxylic acids is 2. The summed E-state index contributed by atoms with van der Waals surface area (Å²) in [6.07, 6.45) is 4.36. The van der Waals surface area contributed by atoms with Crippen molar-refractivity contribution in [2.24, 2.45) is 0 Å². The third-order valence-electron chi connectivity index (χ3n) is 3.17. The first kappa shape index (κ1) is 14.9. The van der Waals surface area contributed by atoms with Crippen molar-refractivity contribution in [3.05, 3.63) is 41.7 Å². The molecular weight excluding hydrogens is 278 g/mol. The van der Waals surface area contributed by atoms with E-state index in [1.54, 1.807) is 12.1 Å². The van der Waals surface area contributed by atoms with Gasteiger partial charge in [0.2, 0.25) is 5.72 Å². The van der Waals surface area contributed by atoms with Gasteiger partial charge in [-0.05, 0) is 31.2 Å². The normalized spacial score (nSPS) is 22.4. The Balaban J connectivity index is 2.34. The molecule has 0 amide bonds. The molecule has 2 heterocycles. The quantitative estimate of drug-likeness (QED) is 0.793. The summed E-state index contributed by atoms with van der Waals surface area (Å²) in [5.74, 6) is -1.66. The maximum atomic E-state index is 11.9. The number of ether oxygens (including phenoxy) is 1. The van der Waals surface area contributed by atoms with Crippen LogP contribution in [0.15, 0.2) is 40.3 Å². The van der Waals surface area contributed by atoms with Gasteiger partial charge in [0.25, 0.3) is 5.78 Å². The van der Waals surface area contributed by atoms with Gasteiger partial charge in [-0.15, -0.1) is 0 Å². The van der Waals surface area contributed by atoms with Crippen molar-refractivity contribution in [3.63, 3.8) is 0 Å². The number of ketones is 1. The molecule has 0 radical (unpaired) electrons. The number of aliphatic hydroxyl groups is 2. The van der Waals surface area contributed by atoms with E-state index in [9.17, 15) is 19.8 Å². The number of esters is 1. The highest BCUT2D eigenvalue weighted by Crippen LogP contribution is 2.32. The van der Waals surface area contributed by atoms with E-state index in [4.69, 9.17) is 4.42 Å². The highest BCUT2D eigenvalue weighted by atomic mass is 16.5. The molecule has 1 aromatic heterocycles. The second-order valence-electron chi connectivity index (χ2n) is 4.59. The minimum absolute atomic E-state index is 0.0202. The van der Waals surface area contributed by atoms with Gasteiger partial charge in [-0.1, -0.05) is 0 Å². The Morgan fingerprint density at radius 1 is 1.52 bits per heavy atom. The first-order chi connectivity index (χ1) is 9.87. The molecular formula is C14H15NO6. The molecule has 0 aliphatic carbocycles. The van der Waals surface area contributed by atoms with Crippen molar-refractivity contribution in [2.45, 2.75) is 12.6 Å². The fraction of sp³-hybridized carbons (Fsp3) is 0.286. The molecule has 7 heteroatoms. The number of rotatable bonds is 4. The fourth-order valence-corrected chi connectivity index (χ4v) is 1.97. The number of Topliss-reactive ketones (excluding diaryl/α,β-unsaturated/α-hetero) is 1. The van der Waals surface area contributed by atoms with Gasteiger partial charge in [-0.25, -0.2) is 0 Å². The van der Waals surface area contributed by atoms with Crippen LogP contribution in [-0.2, 0) is 14.3 Å². The van der Waals surface area contributed by atoms with E-state index in [0.29, 0.717) is 5.76 Å². The largest absolute Gasteiger partial charge is 0.503 e. The van der Waals surface area contributed by atoms with E-state index in [1.807, 2.05) is 0 Å². The van der Waals surface area contributed by atoms with Crippen LogP contribution < -0.4 is 0 Å². The van der Waals surface area contributed by atoms with Crippen LogP contribution in [0.5, 0.6) is 0 Å². The standard InChI is InChI=1S/C14H15NO6/c1-14(19)13(18)12(17)10(15(14)8-11(16)20-2)6-5-9-4-3-7-21-9/h3-7,17,19H,8H2,1-2H3/b6-5+. The second kappa shape index (κ2) is 5.45. The molecule has 2 rings (SSSR count). The zero-order chi connectivity index (χ0) is 15.6. The van der Waals surface area contributed by atoms with Gasteiger partial charge in [-0.3, -0.25) is 9.59 Å². The van der Waals surface area contributed by atoms with Crippen molar-refractivity contribution < 1.29 is 29.0 Å². The topological polar surface area (TPSA) is 100 Å². The van der Waals surface area contributed by atoms with Gasteiger partial charge in [-0.2, -0.15) is 0 Å². The zero-order valence-electron chi connectivity index (χ0n) is 11.6. The number of aliphatic hydroxyl groups excluding tert-OH is 1. The highest BCUT2D eigenvalue weighted by Gasteiger charge is 2.48. The Morgan fingerprint density at radius 2 is 2.24 bits per heavy atom. The summed E-state index contributed by atoms with van der Waals surface area (Å²) < 4.78 is 9.62. The molecule has 112 valence electrons. The number of furan rings is 1. The average molecular weight is 293 g/mol. The zero-order valence-corrected chi connectivity index (χ0v) is 11.6. The van der Waals surface area contributed by atoms with Crippen LogP contribution in [-0.4, -0.2) is 46.2 Å². The van der Waals surface area contributed by atoms with Crippen molar-refractivity contribution in [3.8, 4) is 0 Å². The SMILES string of the molecule is COC(=O)CN1C(/C=C/c2ccco2)=C(O)C(=O)C1(C)O. The minimum Gasteiger partial charge on any atom is -0.503 e. The van der Waals surface area contributed by atoms with Crippen molar-refractivity contribution in [1.29, 1.82) is 0 Å². The van der Waals surface area contributed by atoms with E-state index >= 15 is 0 Å². The molecule has 7 nitrogen and oxygen atoms in total. The van der Waals surface area contributed by atoms with Crippen LogP contribution in [0.25, 0.3) is 6.08 Å². The molecule has 0 aromatic carbocycles. The van der Waals surface area contributed by atoms with Crippen LogP contribution in [0.1, 0.15) is 12.7 Å². The minimum atomic E-state index is -2.01. The summed E-state index contributed by atoms with van der Waals surface area (Å²) in [4.78, 5) is 24.3. The number of nitrogens with zero attached hydrogens (tertiary/aromatic N) is 1. The first-order valence-electron chi connectivity index (χ1n) is 6.14. The predicted octanol–water partition coefficient (Wildman–Crippen LogP) is 0.829. The molecule has 0 bridgehead atoms. The van der Waals surface area contributed by atoms with Gasteiger partial charge in [0.1, 0.15) is 12.3 Å². The predicted molar refractivity (Wildman–Crippen MR) is 71.7 cm³/mol. The summed E-state index contributed by atoms with van der Waals surface area (Å²) in [7, 11) is 1.19. The molecule has 0 fully saturated rings. The maximum Gasteiger partial charge on any atom is 0.325 e. The van der Waals surface area contributed by atoms with E-state index in [0.717, 1.165) is 4.90 Å². The third kappa shape index (κ3) is 2.68. The van der Waals surface area contributed by atoms with Gasteiger partial charge in [0, 0.05) is 0 Å². The van der Waals surface area contributed by atoms with Gasteiger partial charge < -0.3 is 24.3 Å². The summed E-state index contributed by atoms with van der Waals surface area (Å²) >= 11 is 0. The second-order valence-corrected chi connectivity index (χ2v) is 4.59. The summed E-state index contributed by atoms with van der Waals surface area (Å²) in [5, 5.41) is 20.0. The molecule has 21 heavy (non-hydrogen) atoms.